The molecular formula is C9H14N2O. The second-order valence-corrected chi connectivity index (χ2v) is 2.88. The highest BCUT2D eigenvalue weighted by molar-refractivity contribution is 5.05. The average molecular weight is 166 g/mol. The fourth-order valence-electron chi connectivity index (χ4n) is 0.998. The van der Waals surface area contributed by atoms with Gasteiger partial charge < -0.3 is 5.11 Å². The standard InChI is InChI=1S/C9H14N2O/c1-3-4-8-5-10-9(7(2)12)11-6-8/h5-7,12H,3-4H2,1-2H3. The molecule has 0 aliphatic heterocycles. The Kier molecular flexibility index (Phi) is 3.17. The summed E-state index contributed by atoms with van der Waals surface area (Å²) in [6, 6.07) is 0. The Hall–Kier alpha value is -0.960. The number of hydrogen-bond donors (Lipinski definition) is 1. The smallest absolute Gasteiger partial charge is 0.156 e. The van der Waals surface area contributed by atoms with E-state index in [1.165, 1.54) is 0 Å². The van der Waals surface area contributed by atoms with Crippen LogP contribution in [0.2, 0.25) is 0 Å². The van der Waals surface area contributed by atoms with Crippen molar-refractivity contribution in [2.45, 2.75) is 32.8 Å². The van der Waals surface area contributed by atoms with Crippen LogP contribution in [0, 0.1) is 0 Å². The molecule has 1 heterocycles. The maximum atomic E-state index is 9.12. The predicted octanol–water partition coefficient (Wildman–Crippen LogP) is 1.48. The van der Waals surface area contributed by atoms with E-state index in [2.05, 4.69) is 16.9 Å². The first-order chi connectivity index (χ1) is 5.74. The molecular weight excluding hydrogens is 152 g/mol. The highest BCUT2D eigenvalue weighted by atomic mass is 16.3. The zero-order valence-electron chi connectivity index (χ0n) is 7.49. The van der Waals surface area contributed by atoms with Gasteiger partial charge >= 0.3 is 0 Å². The van der Waals surface area contributed by atoms with Crippen molar-refractivity contribution >= 4 is 0 Å². The first-order valence-electron chi connectivity index (χ1n) is 4.23. The van der Waals surface area contributed by atoms with E-state index in [-0.39, 0.29) is 0 Å². The molecule has 1 aromatic heterocycles. The molecule has 0 aliphatic carbocycles. The number of rotatable bonds is 3. The van der Waals surface area contributed by atoms with Crippen LogP contribution >= 0.6 is 0 Å². The molecule has 0 fully saturated rings. The van der Waals surface area contributed by atoms with Gasteiger partial charge in [0.2, 0.25) is 0 Å². The Bertz CT molecular complexity index is 231. The second kappa shape index (κ2) is 4.16. The van der Waals surface area contributed by atoms with Gasteiger partial charge in [-0.25, -0.2) is 9.97 Å². The van der Waals surface area contributed by atoms with Crippen LogP contribution < -0.4 is 0 Å². The van der Waals surface area contributed by atoms with Crippen molar-refractivity contribution in [1.29, 1.82) is 0 Å². The van der Waals surface area contributed by atoms with Crippen molar-refractivity contribution < 1.29 is 5.11 Å². The summed E-state index contributed by atoms with van der Waals surface area (Å²) in [7, 11) is 0. The van der Waals surface area contributed by atoms with E-state index in [1.54, 1.807) is 19.3 Å². The van der Waals surface area contributed by atoms with E-state index in [4.69, 9.17) is 5.11 Å². The molecule has 0 bridgehead atoms. The maximum absolute atomic E-state index is 9.12. The van der Waals surface area contributed by atoms with Crippen LogP contribution in [-0.2, 0) is 6.42 Å². The third-order valence-corrected chi connectivity index (χ3v) is 1.64. The van der Waals surface area contributed by atoms with Crippen molar-refractivity contribution in [2.75, 3.05) is 0 Å². The zero-order valence-corrected chi connectivity index (χ0v) is 7.49. The minimum absolute atomic E-state index is 0.495. The molecule has 12 heavy (non-hydrogen) atoms. The van der Waals surface area contributed by atoms with Crippen LogP contribution in [0.15, 0.2) is 12.4 Å². The van der Waals surface area contributed by atoms with Crippen molar-refractivity contribution in [3.05, 3.63) is 23.8 Å². The summed E-state index contributed by atoms with van der Waals surface area (Å²) in [6.07, 6.45) is 5.08. The van der Waals surface area contributed by atoms with Gasteiger partial charge in [0, 0.05) is 12.4 Å². The maximum Gasteiger partial charge on any atom is 0.156 e. The van der Waals surface area contributed by atoms with E-state index in [1.807, 2.05) is 0 Å². The normalized spacial score (nSPS) is 12.9. The molecule has 0 saturated carbocycles. The molecule has 0 aliphatic rings. The quantitative estimate of drug-likeness (QED) is 0.739. The van der Waals surface area contributed by atoms with Gasteiger partial charge in [0.1, 0.15) is 6.10 Å². The van der Waals surface area contributed by atoms with Gasteiger partial charge in [-0.1, -0.05) is 13.3 Å². The molecule has 1 atom stereocenters. The highest BCUT2D eigenvalue weighted by Crippen LogP contribution is 2.06. The topological polar surface area (TPSA) is 46.0 Å². The third-order valence-electron chi connectivity index (χ3n) is 1.64. The lowest BCUT2D eigenvalue weighted by atomic mass is 10.2. The van der Waals surface area contributed by atoms with Crippen LogP contribution in [0.5, 0.6) is 0 Å². The van der Waals surface area contributed by atoms with Gasteiger partial charge in [0.05, 0.1) is 0 Å². The Morgan fingerprint density at radius 1 is 1.42 bits per heavy atom. The third kappa shape index (κ3) is 2.27. The van der Waals surface area contributed by atoms with Gasteiger partial charge in [-0.2, -0.15) is 0 Å². The van der Waals surface area contributed by atoms with E-state index in [9.17, 15) is 0 Å². The van der Waals surface area contributed by atoms with Crippen molar-refractivity contribution in [3.63, 3.8) is 0 Å². The van der Waals surface area contributed by atoms with Crippen LogP contribution in [0.4, 0.5) is 0 Å². The zero-order chi connectivity index (χ0) is 8.97. The minimum atomic E-state index is -0.569. The molecule has 1 N–H and O–H groups in total. The SMILES string of the molecule is CCCc1cnc(C(C)O)nc1. The lowest BCUT2D eigenvalue weighted by Crippen LogP contribution is -2.00. The number of nitrogens with zero attached hydrogens (tertiary/aromatic N) is 2. The largest absolute Gasteiger partial charge is 0.385 e. The summed E-state index contributed by atoms with van der Waals surface area (Å²) in [4.78, 5) is 8.07. The fraction of sp³-hybridized carbons (Fsp3) is 0.556. The number of aliphatic hydroxyl groups excluding tert-OH is 1. The molecule has 3 heteroatoms. The van der Waals surface area contributed by atoms with Crippen LogP contribution in [0.25, 0.3) is 0 Å². The van der Waals surface area contributed by atoms with Gasteiger partial charge in [-0.3, -0.25) is 0 Å². The van der Waals surface area contributed by atoms with Crippen LogP contribution in [0.3, 0.4) is 0 Å². The summed E-state index contributed by atoms with van der Waals surface area (Å²) in [5.41, 5.74) is 1.13. The van der Waals surface area contributed by atoms with Crippen LogP contribution in [-0.4, -0.2) is 15.1 Å². The molecule has 0 spiro atoms. The molecule has 0 aromatic carbocycles. The predicted molar refractivity (Wildman–Crippen MR) is 46.7 cm³/mol. The molecule has 1 aromatic rings. The Labute approximate surface area is 72.5 Å². The van der Waals surface area contributed by atoms with E-state index < -0.39 is 6.10 Å². The molecule has 0 radical (unpaired) electrons. The first kappa shape index (κ1) is 9.13. The lowest BCUT2D eigenvalue weighted by molar-refractivity contribution is 0.188. The van der Waals surface area contributed by atoms with Crippen molar-refractivity contribution in [2.24, 2.45) is 0 Å². The van der Waals surface area contributed by atoms with Gasteiger partial charge in [0.15, 0.2) is 5.82 Å². The van der Waals surface area contributed by atoms with E-state index >= 15 is 0 Å². The number of aromatic nitrogens is 2. The summed E-state index contributed by atoms with van der Waals surface area (Å²) in [5, 5.41) is 9.12. The Morgan fingerprint density at radius 3 is 2.42 bits per heavy atom. The fourth-order valence-corrected chi connectivity index (χ4v) is 0.998. The molecule has 0 saturated heterocycles. The first-order valence-corrected chi connectivity index (χ1v) is 4.23. The Morgan fingerprint density at radius 2 is 2.00 bits per heavy atom. The average Bonchev–Trinajstić information content (AvgIpc) is 2.06. The number of aliphatic hydroxyl groups is 1. The molecule has 1 rings (SSSR count). The molecule has 66 valence electrons. The van der Waals surface area contributed by atoms with Gasteiger partial charge in [0.25, 0.3) is 0 Å². The highest BCUT2D eigenvalue weighted by Gasteiger charge is 2.02. The van der Waals surface area contributed by atoms with Crippen LogP contribution in [0.1, 0.15) is 37.8 Å². The number of hydrogen-bond acceptors (Lipinski definition) is 3. The summed E-state index contributed by atoms with van der Waals surface area (Å²) in [6.45, 7) is 3.78. The molecule has 1 unspecified atom stereocenters. The summed E-state index contributed by atoms with van der Waals surface area (Å²) < 4.78 is 0. The summed E-state index contributed by atoms with van der Waals surface area (Å²) >= 11 is 0. The summed E-state index contributed by atoms with van der Waals surface area (Å²) in [5.74, 6) is 0.495. The number of aryl methyl sites for hydroxylation is 1. The van der Waals surface area contributed by atoms with Gasteiger partial charge in [-0.15, -0.1) is 0 Å². The van der Waals surface area contributed by atoms with E-state index in [0.717, 1.165) is 18.4 Å². The second-order valence-electron chi connectivity index (χ2n) is 2.88. The molecule has 0 amide bonds. The van der Waals surface area contributed by atoms with E-state index in [0.29, 0.717) is 5.82 Å². The van der Waals surface area contributed by atoms with Crippen molar-refractivity contribution in [1.82, 2.24) is 9.97 Å². The van der Waals surface area contributed by atoms with Crippen molar-refractivity contribution in [3.8, 4) is 0 Å². The van der Waals surface area contributed by atoms with Gasteiger partial charge in [-0.05, 0) is 18.9 Å². The monoisotopic (exact) mass is 166 g/mol. The minimum Gasteiger partial charge on any atom is -0.385 e. The molecule has 3 nitrogen and oxygen atoms in total. The Balaban J connectivity index is 2.71. The lowest BCUT2D eigenvalue weighted by Gasteiger charge is -2.02.